The predicted octanol–water partition coefficient (Wildman–Crippen LogP) is 4.15. The van der Waals surface area contributed by atoms with Crippen molar-refractivity contribution in [1.82, 2.24) is 9.55 Å². The minimum atomic E-state index is -0.406. The summed E-state index contributed by atoms with van der Waals surface area (Å²) in [6.07, 6.45) is 0. The van der Waals surface area contributed by atoms with E-state index in [4.69, 9.17) is 4.74 Å². The molecule has 0 amide bonds. The number of ether oxygens (including phenoxy) is 1. The predicted molar refractivity (Wildman–Crippen MR) is 94.7 cm³/mol. The first-order chi connectivity index (χ1) is 11.8. The van der Waals surface area contributed by atoms with Gasteiger partial charge in [0.1, 0.15) is 17.5 Å². The van der Waals surface area contributed by atoms with Crippen molar-refractivity contribution in [2.24, 2.45) is 0 Å². The van der Waals surface area contributed by atoms with Gasteiger partial charge in [-0.05, 0) is 18.9 Å². The van der Waals surface area contributed by atoms with E-state index < -0.39 is 4.92 Å². The van der Waals surface area contributed by atoms with Crippen LogP contribution in [0.1, 0.15) is 45.1 Å². The van der Waals surface area contributed by atoms with E-state index in [2.05, 4.69) is 4.98 Å². The Balaban J connectivity index is 2.42. The zero-order valence-electron chi connectivity index (χ0n) is 14.7. The van der Waals surface area contributed by atoms with Crippen LogP contribution in [0.2, 0.25) is 0 Å². The Labute approximate surface area is 150 Å². The highest BCUT2D eigenvalue weighted by atomic mass is 32.2. The maximum absolute atomic E-state index is 11.1. The lowest BCUT2D eigenvalue weighted by Gasteiger charge is -2.11. The number of aromatic nitrogens is 2. The van der Waals surface area contributed by atoms with Crippen LogP contribution in [-0.2, 0) is 22.7 Å². The van der Waals surface area contributed by atoms with Crippen molar-refractivity contribution in [1.29, 1.82) is 0 Å². The van der Waals surface area contributed by atoms with Gasteiger partial charge in [0.2, 0.25) is 0 Å². The molecule has 0 saturated heterocycles. The summed E-state index contributed by atoms with van der Waals surface area (Å²) in [6.45, 7) is 8.19. The monoisotopic (exact) mass is 363 g/mol. The second kappa shape index (κ2) is 8.15. The fourth-order valence-corrected chi connectivity index (χ4v) is 3.64. The third-order valence-electron chi connectivity index (χ3n) is 3.54. The summed E-state index contributed by atoms with van der Waals surface area (Å²) >= 11 is 1.44. The molecule has 0 bridgehead atoms. The Bertz CT molecular complexity index is 786. The third kappa shape index (κ3) is 4.60. The lowest BCUT2D eigenvalue weighted by molar-refractivity contribution is -0.385. The van der Waals surface area contributed by atoms with Crippen LogP contribution in [0.3, 0.4) is 0 Å². The molecular weight excluding hydrogens is 342 g/mol. The number of carbonyl (C=O) groups is 1. The van der Waals surface area contributed by atoms with E-state index in [0.29, 0.717) is 12.4 Å². The van der Waals surface area contributed by atoms with Crippen LogP contribution in [0.4, 0.5) is 5.69 Å². The van der Waals surface area contributed by atoms with Gasteiger partial charge in [0.15, 0.2) is 0 Å². The molecule has 0 saturated carbocycles. The van der Waals surface area contributed by atoms with Crippen molar-refractivity contribution in [2.75, 3.05) is 0 Å². The molecule has 0 atom stereocenters. The molecule has 0 radical (unpaired) electrons. The Morgan fingerprint density at radius 3 is 2.72 bits per heavy atom. The molecule has 8 heteroatoms. The average molecular weight is 363 g/mol. The van der Waals surface area contributed by atoms with Gasteiger partial charge in [0.25, 0.3) is 5.69 Å². The van der Waals surface area contributed by atoms with E-state index in [9.17, 15) is 14.9 Å². The van der Waals surface area contributed by atoms with Crippen molar-refractivity contribution >= 4 is 23.4 Å². The molecule has 7 nitrogen and oxygen atoms in total. The summed E-state index contributed by atoms with van der Waals surface area (Å²) in [5.74, 6) is 0.490. The van der Waals surface area contributed by atoms with Gasteiger partial charge in [0.05, 0.1) is 10.6 Å². The van der Waals surface area contributed by atoms with Crippen LogP contribution in [0.15, 0.2) is 34.2 Å². The SMILES string of the molecule is CCn1c(COC(C)=O)nc(C(C)C)c1Sc1cccc([N+](=O)[O-])c1. The Morgan fingerprint density at radius 2 is 2.16 bits per heavy atom. The fourth-order valence-electron chi connectivity index (χ4n) is 2.36. The minimum absolute atomic E-state index is 0.0544. The maximum atomic E-state index is 11.1. The van der Waals surface area contributed by atoms with E-state index in [1.54, 1.807) is 12.1 Å². The first-order valence-electron chi connectivity index (χ1n) is 7.98. The molecule has 25 heavy (non-hydrogen) atoms. The number of non-ortho nitro benzene ring substituents is 1. The largest absolute Gasteiger partial charge is 0.458 e. The van der Waals surface area contributed by atoms with Crippen LogP contribution in [-0.4, -0.2) is 20.4 Å². The third-order valence-corrected chi connectivity index (χ3v) is 4.65. The number of hydrogen-bond acceptors (Lipinski definition) is 6. The molecule has 134 valence electrons. The number of nitro groups is 1. The van der Waals surface area contributed by atoms with Gasteiger partial charge in [-0.25, -0.2) is 4.98 Å². The topological polar surface area (TPSA) is 87.3 Å². The van der Waals surface area contributed by atoms with Crippen LogP contribution < -0.4 is 0 Å². The number of carbonyl (C=O) groups excluding carboxylic acids is 1. The smallest absolute Gasteiger partial charge is 0.303 e. The van der Waals surface area contributed by atoms with Gasteiger partial charge in [-0.1, -0.05) is 31.7 Å². The maximum Gasteiger partial charge on any atom is 0.303 e. The molecule has 2 rings (SSSR count). The van der Waals surface area contributed by atoms with Crippen molar-refractivity contribution in [3.05, 3.63) is 45.9 Å². The van der Waals surface area contributed by atoms with Gasteiger partial charge < -0.3 is 9.30 Å². The first kappa shape index (κ1) is 19.0. The molecular formula is C17H21N3O4S. The van der Waals surface area contributed by atoms with Crippen LogP contribution in [0.5, 0.6) is 0 Å². The van der Waals surface area contributed by atoms with E-state index >= 15 is 0 Å². The lowest BCUT2D eigenvalue weighted by atomic mass is 10.1. The number of rotatable bonds is 7. The zero-order valence-corrected chi connectivity index (χ0v) is 15.5. The summed E-state index contributed by atoms with van der Waals surface area (Å²) < 4.78 is 7.09. The highest BCUT2D eigenvalue weighted by molar-refractivity contribution is 7.99. The first-order valence-corrected chi connectivity index (χ1v) is 8.80. The molecule has 1 aromatic heterocycles. The molecule has 0 aliphatic carbocycles. The number of imidazole rings is 1. The van der Waals surface area contributed by atoms with Crippen molar-refractivity contribution in [3.8, 4) is 0 Å². The molecule has 0 aliphatic heterocycles. The average Bonchev–Trinajstić information content (AvgIpc) is 2.90. The standard InChI is InChI=1S/C17H21N3O4S/c1-5-19-15(10-24-12(4)21)18-16(11(2)3)17(19)25-14-8-6-7-13(9-14)20(22)23/h6-9,11H,5,10H2,1-4H3. The Hall–Kier alpha value is -2.35. The van der Waals surface area contributed by atoms with Crippen LogP contribution in [0, 0.1) is 10.1 Å². The zero-order chi connectivity index (χ0) is 18.6. The molecule has 1 aromatic carbocycles. The number of benzene rings is 1. The molecule has 0 N–H and O–H groups in total. The van der Waals surface area contributed by atoms with Gasteiger partial charge >= 0.3 is 5.97 Å². The van der Waals surface area contributed by atoms with E-state index in [1.807, 2.05) is 31.4 Å². The molecule has 0 unspecified atom stereocenters. The van der Waals surface area contributed by atoms with Crippen molar-refractivity contribution < 1.29 is 14.5 Å². The normalized spacial score (nSPS) is 10.9. The van der Waals surface area contributed by atoms with Crippen molar-refractivity contribution in [3.63, 3.8) is 0 Å². The number of nitrogens with zero attached hydrogens (tertiary/aromatic N) is 3. The molecule has 2 aromatic rings. The van der Waals surface area contributed by atoms with Crippen LogP contribution >= 0.6 is 11.8 Å². The number of nitro benzene ring substituents is 1. The summed E-state index contributed by atoms with van der Waals surface area (Å²) in [6, 6.07) is 6.52. The summed E-state index contributed by atoms with van der Waals surface area (Å²) in [5.41, 5.74) is 0.944. The van der Waals surface area contributed by atoms with E-state index in [0.717, 1.165) is 15.6 Å². The quantitative estimate of drug-likeness (QED) is 0.417. The summed E-state index contributed by atoms with van der Waals surface area (Å²) in [4.78, 5) is 27.1. The van der Waals surface area contributed by atoms with Gasteiger partial charge in [-0.3, -0.25) is 14.9 Å². The molecule has 0 spiro atoms. The Kier molecular flexibility index (Phi) is 6.19. The van der Waals surface area contributed by atoms with Gasteiger partial charge in [-0.15, -0.1) is 0 Å². The van der Waals surface area contributed by atoms with Crippen LogP contribution in [0.25, 0.3) is 0 Å². The molecule has 0 fully saturated rings. The highest BCUT2D eigenvalue weighted by Gasteiger charge is 2.21. The summed E-state index contributed by atoms with van der Waals surface area (Å²) in [5, 5.41) is 11.9. The lowest BCUT2D eigenvalue weighted by Crippen LogP contribution is -2.07. The van der Waals surface area contributed by atoms with Crippen molar-refractivity contribution in [2.45, 2.75) is 56.7 Å². The second-order valence-corrected chi connectivity index (χ2v) is 6.82. The van der Waals surface area contributed by atoms with E-state index in [-0.39, 0.29) is 24.2 Å². The number of esters is 1. The Morgan fingerprint density at radius 1 is 1.44 bits per heavy atom. The highest BCUT2D eigenvalue weighted by Crippen LogP contribution is 2.36. The van der Waals surface area contributed by atoms with Gasteiger partial charge in [0, 0.05) is 30.5 Å². The molecule has 0 aliphatic rings. The minimum Gasteiger partial charge on any atom is -0.458 e. The number of hydrogen-bond donors (Lipinski definition) is 0. The van der Waals surface area contributed by atoms with E-state index in [1.165, 1.54) is 24.8 Å². The van der Waals surface area contributed by atoms with Gasteiger partial charge in [-0.2, -0.15) is 0 Å². The second-order valence-electron chi connectivity index (χ2n) is 5.75. The molecule has 1 heterocycles. The fraction of sp³-hybridized carbons (Fsp3) is 0.412. The summed E-state index contributed by atoms with van der Waals surface area (Å²) in [7, 11) is 0.